The Kier molecular flexibility index (Phi) is 6.57. The lowest BCUT2D eigenvalue weighted by Gasteiger charge is -2.32. The highest BCUT2D eigenvalue weighted by atomic mass is 35.5. The standard InChI is InChI=1S/C17H20ClN5O3S/c1-2-26-15(24)8-12-10-27-17(19-12)20-16(25)11-4-3-7-23(9-11)14-6-5-13(18)21-22-14/h5-6,10-11H,2-4,7-9H2,1H3,(H,19,20,25)/t11-/m0/s1. The van der Waals surface area contributed by atoms with E-state index in [2.05, 4.69) is 20.5 Å². The fourth-order valence-corrected chi connectivity index (χ4v) is 3.70. The molecule has 3 rings (SSSR count). The molecule has 0 unspecified atom stereocenters. The van der Waals surface area contributed by atoms with Gasteiger partial charge >= 0.3 is 5.97 Å². The summed E-state index contributed by atoms with van der Waals surface area (Å²) in [7, 11) is 0. The molecule has 10 heteroatoms. The molecule has 27 heavy (non-hydrogen) atoms. The number of aromatic nitrogens is 3. The number of anilines is 2. The van der Waals surface area contributed by atoms with Crippen LogP contribution in [0, 0.1) is 5.92 Å². The van der Waals surface area contributed by atoms with Gasteiger partial charge in [0.2, 0.25) is 5.91 Å². The van der Waals surface area contributed by atoms with Crippen LogP contribution < -0.4 is 10.2 Å². The highest BCUT2D eigenvalue weighted by molar-refractivity contribution is 7.13. The highest BCUT2D eigenvalue weighted by Crippen LogP contribution is 2.24. The van der Waals surface area contributed by atoms with E-state index in [1.807, 2.05) is 4.90 Å². The largest absolute Gasteiger partial charge is 0.466 e. The lowest BCUT2D eigenvalue weighted by molar-refractivity contribution is -0.142. The van der Waals surface area contributed by atoms with Crippen molar-refractivity contribution in [1.29, 1.82) is 0 Å². The number of rotatable bonds is 6. The summed E-state index contributed by atoms with van der Waals surface area (Å²) in [5, 5.41) is 13.4. The van der Waals surface area contributed by atoms with Crippen molar-refractivity contribution >= 4 is 45.8 Å². The van der Waals surface area contributed by atoms with Gasteiger partial charge in [-0.25, -0.2) is 4.98 Å². The zero-order valence-electron chi connectivity index (χ0n) is 14.9. The van der Waals surface area contributed by atoms with Gasteiger partial charge in [0, 0.05) is 18.5 Å². The lowest BCUT2D eigenvalue weighted by atomic mass is 9.97. The molecule has 0 aromatic carbocycles. The molecule has 0 saturated carbocycles. The number of carbonyl (C=O) groups excluding carboxylic acids is 2. The number of hydrogen-bond donors (Lipinski definition) is 1. The smallest absolute Gasteiger partial charge is 0.311 e. The Balaban J connectivity index is 1.57. The van der Waals surface area contributed by atoms with Crippen LogP contribution in [0.3, 0.4) is 0 Å². The Morgan fingerprint density at radius 2 is 2.26 bits per heavy atom. The van der Waals surface area contributed by atoms with Crippen molar-refractivity contribution in [3.8, 4) is 0 Å². The van der Waals surface area contributed by atoms with Crippen molar-refractivity contribution in [1.82, 2.24) is 15.2 Å². The minimum absolute atomic E-state index is 0.0846. The average molecular weight is 410 g/mol. The van der Waals surface area contributed by atoms with Crippen LogP contribution >= 0.6 is 22.9 Å². The first-order valence-corrected chi connectivity index (χ1v) is 9.96. The van der Waals surface area contributed by atoms with Crippen LogP contribution in [0.1, 0.15) is 25.5 Å². The van der Waals surface area contributed by atoms with Gasteiger partial charge in [0.15, 0.2) is 16.1 Å². The summed E-state index contributed by atoms with van der Waals surface area (Å²) in [4.78, 5) is 30.4. The molecular formula is C17H20ClN5O3S. The molecule has 1 atom stereocenters. The van der Waals surface area contributed by atoms with Crippen LogP contribution in [-0.4, -0.2) is 46.8 Å². The van der Waals surface area contributed by atoms with E-state index < -0.39 is 0 Å². The number of hydrogen-bond acceptors (Lipinski definition) is 8. The van der Waals surface area contributed by atoms with Gasteiger partial charge in [-0.2, -0.15) is 0 Å². The van der Waals surface area contributed by atoms with E-state index in [1.165, 1.54) is 11.3 Å². The monoisotopic (exact) mass is 409 g/mol. The number of thiazole rings is 1. The molecule has 3 heterocycles. The van der Waals surface area contributed by atoms with E-state index >= 15 is 0 Å². The van der Waals surface area contributed by atoms with Crippen LogP contribution in [0.2, 0.25) is 5.15 Å². The maximum Gasteiger partial charge on any atom is 0.311 e. The first-order valence-electron chi connectivity index (χ1n) is 8.70. The summed E-state index contributed by atoms with van der Waals surface area (Å²) >= 11 is 7.08. The van der Waals surface area contributed by atoms with Crippen molar-refractivity contribution in [2.45, 2.75) is 26.2 Å². The topological polar surface area (TPSA) is 97.3 Å². The number of ether oxygens (including phenoxy) is 1. The number of halogens is 1. The molecule has 1 amide bonds. The fraction of sp³-hybridized carbons (Fsp3) is 0.471. The molecule has 0 aliphatic carbocycles. The van der Waals surface area contributed by atoms with Gasteiger partial charge in [-0.1, -0.05) is 11.6 Å². The highest BCUT2D eigenvalue weighted by Gasteiger charge is 2.27. The third-order valence-corrected chi connectivity index (χ3v) is 5.15. The van der Waals surface area contributed by atoms with E-state index in [0.29, 0.717) is 34.9 Å². The molecule has 1 fully saturated rings. The Morgan fingerprint density at radius 3 is 3.00 bits per heavy atom. The number of nitrogens with one attached hydrogen (secondary N) is 1. The first-order chi connectivity index (χ1) is 13.0. The van der Waals surface area contributed by atoms with Gasteiger partial charge in [-0.3, -0.25) is 9.59 Å². The Hall–Kier alpha value is -2.26. The average Bonchev–Trinajstić information content (AvgIpc) is 3.09. The van der Waals surface area contributed by atoms with Crippen LogP contribution in [0.4, 0.5) is 10.9 Å². The molecule has 0 radical (unpaired) electrons. The SMILES string of the molecule is CCOC(=O)Cc1csc(NC(=O)[C@H]2CCCN(c3ccc(Cl)nn3)C2)n1. The van der Waals surface area contributed by atoms with Crippen molar-refractivity contribution < 1.29 is 14.3 Å². The summed E-state index contributed by atoms with van der Waals surface area (Å²) in [6.45, 7) is 3.47. The van der Waals surface area contributed by atoms with Crippen LogP contribution in [0.5, 0.6) is 0 Å². The van der Waals surface area contributed by atoms with Crippen molar-refractivity contribution in [2.75, 3.05) is 29.9 Å². The van der Waals surface area contributed by atoms with E-state index in [0.717, 1.165) is 19.4 Å². The third-order valence-electron chi connectivity index (χ3n) is 4.15. The molecule has 1 aliphatic rings. The maximum absolute atomic E-state index is 12.6. The van der Waals surface area contributed by atoms with Gasteiger partial charge in [0.25, 0.3) is 0 Å². The summed E-state index contributed by atoms with van der Waals surface area (Å²) in [5.41, 5.74) is 0.593. The van der Waals surface area contributed by atoms with E-state index in [4.69, 9.17) is 16.3 Å². The molecular weight excluding hydrogens is 390 g/mol. The summed E-state index contributed by atoms with van der Waals surface area (Å²) in [6, 6.07) is 3.49. The van der Waals surface area contributed by atoms with E-state index in [9.17, 15) is 9.59 Å². The predicted octanol–water partition coefficient (Wildman–Crippen LogP) is 2.55. The second-order valence-electron chi connectivity index (χ2n) is 6.11. The van der Waals surface area contributed by atoms with Crippen molar-refractivity contribution in [3.63, 3.8) is 0 Å². The van der Waals surface area contributed by atoms with Gasteiger partial charge in [0.05, 0.1) is 24.6 Å². The van der Waals surface area contributed by atoms with Crippen molar-refractivity contribution in [2.24, 2.45) is 5.92 Å². The van der Waals surface area contributed by atoms with Gasteiger partial charge in [0.1, 0.15) is 0 Å². The quantitative estimate of drug-likeness (QED) is 0.732. The van der Waals surface area contributed by atoms with Crippen molar-refractivity contribution in [3.05, 3.63) is 28.4 Å². The molecule has 1 N–H and O–H groups in total. The summed E-state index contributed by atoms with van der Waals surface area (Å²) in [5.74, 6) is 0.128. The minimum Gasteiger partial charge on any atom is -0.466 e. The Labute approximate surface area is 165 Å². The fourth-order valence-electron chi connectivity index (χ4n) is 2.89. The minimum atomic E-state index is -0.326. The van der Waals surface area contributed by atoms with Gasteiger partial charge in [-0.15, -0.1) is 21.5 Å². The summed E-state index contributed by atoms with van der Waals surface area (Å²) < 4.78 is 4.91. The Morgan fingerprint density at radius 1 is 1.41 bits per heavy atom. The van der Waals surface area contributed by atoms with Gasteiger partial charge in [-0.05, 0) is 31.9 Å². The normalized spacial score (nSPS) is 16.8. The molecule has 2 aromatic rings. The first kappa shape index (κ1) is 19.5. The van der Waals surface area contributed by atoms with Crippen LogP contribution in [0.15, 0.2) is 17.5 Å². The number of amides is 1. The Bertz CT molecular complexity index is 798. The molecule has 8 nitrogen and oxygen atoms in total. The van der Waals surface area contributed by atoms with E-state index in [1.54, 1.807) is 24.4 Å². The zero-order valence-corrected chi connectivity index (χ0v) is 16.4. The lowest BCUT2D eigenvalue weighted by Crippen LogP contribution is -2.41. The number of piperidine rings is 1. The number of nitrogens with zero attached hydrogens (tertiary/aromatic N) is 4. The van der Waals surface area contributed by atoms with Crippen LogP contribution in [-0.2, 0) is 20.7 Å². The zero-order chi connectivity index (χ0) is 19.2. The molecule has 1 saturated heterocycles. The van der Waals surface area contributed by atoms with E-state index in [-0.39, 0.29) is 24.2 Å². The molecule has 1 aliphatic heterocycles. The molecule has 2 aromatic heterocycles. The second kappa shape index (κ2) is 9.09. The molecule has 144 valence electrons. The predicted molar refractivity (Wildman–Crippen MR) is 103 cm³/mol. The third kappa shape index (κ3) is 5.36. The van der Waals surface area contributed by atoms with Crippen LogP contribution in [0.25, 0.3) is 0 Å². The number of esters is 1. The second-order valence-corrected chi connectivity index (χ2v) is 7.36. The summed E-state index contributed by atoms with van der Waals surface area (Å²) in [6.07, 6.45) is 1.78. The maximum atomic E-state index is 12.6. The van der Waals surface area contributed by atoms with Gasteiger partial charge < -0.3 is 15.0 Å². The number of carbonyl (C=O) groups is 2. The molecule has 0 spiro atoms. The molecule has 0 bridgehead atoms.